The molecule has 4 unspecified atom stereocenters. The molecule has 8 rings (SSSR count). The number of aromatic nitrogens is 1. The fourth-order valence-corrected chi connectivity index (χ4v) is 8.30. The molecule has 0 bridgehead atoms. The van der Waals surface area contributed by atoms with Gasteiger partial charge < -0.3 is 14.8 Å². The van der Waals surface area contributed by atoms with Crippen LogP contribution in [0.2, 0.25) is 0 Å². The number of para-hydroxylation sites is 1. The van der Waals surface area contributed by atoms with Gasteiger partial charge in [0, 0.05) is 45.7 Å². The molecule has 1 N–H and O–H groups in total. The van der Waals surface area contributed by atoms with E-state index in [1.54, 1.807) is 0 Å². The highest BCUT2D eigenvalue weighted by atomic mass is 15.2. The van der Waals surface area contributed by atoms with Crippen LogP contribution >= 0.6 is 0 Å². The lowest BCUT2D eigenvalue weighted by molar-refractivity contribution is 0.637. The SMILES string of the molecule is C=C/C(=C\C(=C/C)C1C=CC=C(c2cc(C)cc(N3C4=C(C=CCC4C)C4C=CC=CC43)c2)N1)n1c2c(c3ccccc31)CCC=C2.CC. The van der Waals surface area contributed by atoms with Crippen LogP contribution in [0.1, 0.15) is 62.9 Å². The minimum atomic E-state index is 0.0347. The van der Waals surface area contributed by atoms with Gasteiger partial charge in [0.2, 0.25) is 0 Å². The smallest absolute Gasteiger partial charge is 0.0698 e. The van der Waals surface area contributed by atoms with Crippen LogP contribution in [0.5, 0.6) is 0 Å². The number of aryl methyl sites for hydroxylation is 2. The number of dihydropyridines is 1. The number of nitrogens with one attached hydrogen (secondary N) is 1. The van der Waals surface area contributed by atoms with Crippen molar-refractivity contribution in [3.05, 3.63) is 167 Å². The van der Waals surface area contributed by atoms with Crippen LogP contribution in [0, 0.1) is 18.8 Å². The molecule has 0 saturated heterocycles. The number of rotatable bonds is 6. The van der Waals surface area contributed by atoms with Gasteiger partial charge in [-0.15, -0.1) is 0 Å². The van der Waals surface area contributed by atoms with Crippen LogP contribution in [-0.4, -0.2) is 16.7 Å². The molecule has 0 radical (unpaired) electrons. The third kappa shape index (κ3) is 5.76. The van der Waals surface area contributed by atoms with Crippen LogP contribution < -0.4 is 10.2 Å². The summed E-state index contributed by atoms with van der Waals surface area (Å²) in [6, 6.07) is 16.2. The normalized spacial score (nSPS) is 23.9. The second-order valence-corrected chi connectivity index (χ2v) is 13.4. The minimum absolute atomic E-state index is 0.0347. The first-order chi connectivity index (χ1) is 24.1. The molecule has 0 fully saturated rings. The topological polar surface area (TPSA) is 20.2 Å². The summed E-state index contributed by atoms with van der Waals surface area (Å²) in [7, 11) is 0. The molecule has 1 aromatic heterocycles. The highest BCUT2D eigenvalue weighted by Crippen LogP contribution is 2.47. The number of anilines is 1. The van der Waals surface area contributed by atoms with Gasteiger partial charge in [-0.1, -0.05) is 106 Å². The molecule has 3 aliphatic carbocycles. The average Bonchev–Trinajstić information content (AvgIpc) is 3.67. The Balaban J connectivity index is 0.00000186. The van der Waals surface area contributed by atoms with E-state index in [9.17, 15) is 0 Å². The third-order valence-electron chi connectivity index (χ3n) is 10.4. The maximum absolute atomic E-state index is 4.28. The van der Waals surface area contributed by atoms with E-state index in [0.717, 1.165) is 30.7 Å². The Kier molecular flexibility index (Phi) is 9.19. The summed E-state index contributed by atoms with van der Waals surface area (Å²) in [6.45, 7) is 15.0. The molecule has 0 saturated carbocycles. The molecule has 3 heteroatoms. The first-order valence-electron chi connectivity index (χ1n) is 18.2. The van der Waals surface area contributed by atoms with Crippen molar-refractivity contribution in [3.8, 4) is 0 Å². The average molecular weight is 644 g/mol. The zero-order chi connectivity index (χ0) is 34.1. The lowest BCUT2D eigenvalue weighted by atomic mass is 9.86. The molecule has 3 nitrogen and oxygen atoms in total. The molecule has 3 heterocycles. The predicted octanol–water partition coefficient (Wildman–Crippen LogP) is 11.3. The first-order valence-corrected chi connectivity index (χ1v) is 18.2. The van der Waals surface area contributed by atoms with Gasteiger partial charge in [0.15, 0.2) is 0 Å². The van der Waals surface area contributed by atoms with Gasteiger partial charge in [-0.25, -0.2) is 0 Å². The molecule has 248 valence electrons. The summed E-state index contributed by atoms with van der Waals surface area (Å²) >= 11 is 0. The minimum Gasteiger partial charge on any atom is -0.374 e. The van der Waals surface area contributed by atoms with Crippen molar-refractivity contribution in [2.24, 2.45) is 11.8 Å². The van der Waals surface area contributed by atoms with Gasteiger partial charge in [0.05, 0.1) is 17.6 Å². The Morgan fingerprint density at radius 3 is 2.65 bits per heavy atom. The molecule has 2 aliphatic heterocycles. The summed E-state index contributed by atoms with van der Waals surface area (Å²) in [5.74, 6) is 0.895. The van der Waals surface area contributed by atoms with Crippen molar-refractivity contribution in [1.29, 1.82) is 0 Å². The van der Waals surface area contributed by atoms with Crippen LogP contribution in [0.4, 0.5) is 5.69 Å². The van der Waals surface area contributed by atoms with Crippen LogP contribution in [0.15, 0.2) is 145 Å². The van der Waals surface area contributed by atoms with E-state index < -0.39 is 0 Å². The second kappa shape index (κ2) is 13.8. The zero-order valence-corrected chi connectivity index (χ0v) is 29.7. The number of hydrogen-bond acceptors (Lipinski definition) is 2. The Labute approximate surface area is 293 Å². The van der Waals surface area contributed by atoms with Crippen molar-refractivity contribution < 1.29 is 0 Å². The van der Waals surface area contributed by atoms with E-state index in [0.29, 0.717) is 17.9 Å². The largest absolute Gasteiger partial charge is 0.374 e. The Hall–Kier alpha value is -5.02. The molecule has 49 heavy (non-hydrogen) atoms. The van der Waals surface area contributed by atoms with Crippen LogP contribution in [0.25, 0.3) is 28.4 Å². The molecular weight excluding hydrogens is 595 g/mol. The van der Waals surface area contributed by atoms with E-state index in [2.05, 4.69) is 164 Å². The number of fused-ring (bicyclic) bond motifs is 5. The number of allylic oxidation sites excluding steroid dienone is 11. The van der Waals surface area contributed by atoms with Gasteiger partial charge in [0.1, 0.15) is 0 Å². The van der Waals surface area contributed by atoms with Crippen LogP contribution in [0.3, 0.4) is 0 Å². The molecule has 0 spiro atoms. The summed E-state index contributed by atoms with van der Waals surface area (Å²) in [5, 5.41) is 5.23. The number of benzene rings is 2. The third-order valence-corrected chi connectivity index (χ3v) is 10.4. The van der Waals surface area contributed by atoms with Crippen molar-refractivity contribution in [1.82, 2.24) is 9.88 Å². The fourth-order valence-electron chi connectivity index (χ4n) is 8.30. The molecule has 0 amide bonds. The molecule has 3 aromatic rings. The fraction of sp³-hybridized carbons (Fsp3) is 0.261. The maximum Gasteiger partial charge on any atom is 0.0698 e. The van der Waals surface area contributed by atoms with Crippen molar-refractivity contribution in [3.63, 3.8) is 0 Å². The standard InChI is InChI=1S/C44H43N3.C2H6/c1-5-31(27-33(6-2)46-41-22-10-7-16-35(41)36-17-8-11-23-42(36)46)39-20-14-21-40(45-39)32-25-29(3)26-34(28-32)47-43-24-12-9-18-37(43)38-19-13-15-30(4)44(38)47;1-2/h5-7,9-14,16,18-28,30,37,39,43,45H,2,8,15,17H2,1,3-4H3;1-2H3/b31-5+,33-27+;. The van der Waals surface area contributed by atoms with Gasteiger partial charge in [-0.05, 0) is 110 Å². The summed E-state index contributed by atoms with van der Waals surface area (Å²) in [4.78, 5) is 2.62. The number of hydrogen-bond donors (Lipinski definition) is 1. The van der Waals surface area contributed by atoms with E-state index in [1.807, 2.05) is 19.9 Å². The first kappa shape index (κ1) is 32.5. The van der Waals surface area contributed by atoms with Crippen molar-refractivity contribution in [2.75, 3.05) is 4.90 Å². The summed E-state index contributed by atoms with van der Waals surface area (Å²) < 4.78 is 2.38. The lowest BCUT2D eigenvalue weighted by Gasteiger charge is -2.34. The van der Waals surface area contributed by atoms with Crippen molar-refractivity contribution in [2.45, 2.75) is 66.0 Å². The van der Waals surface area contributed by atoms with Crippen molar-refractivity contribution >= 4 is 34.1 Å². The van der Waals surface area contributed by atoms with E-state index in [-0.39, 0.29) is 6.04 Å². The predicted molar refractivity (Wildman–Crippen MR) is 212 cm³/mol. The maximum atomic E-state index is 4.28. The summed E-state index contributed by atoms with van der Waals surface area (Å²) in [6.07, 6.45) is 34.9. The highest BCUT2D eigenvalue weighted by molar-refractivity contribution is 5.93. The van der Waals surface area contributed by atoms with Crippen LogP contribution in [-0.2, 0) is 6.42 Å². The quantitative estimate of drug-likeness (QED) is 0.270. The van der Waals surface area contributed by atoms with Gasteiger partial charge in [-0.3, -0.25) is 0 Å². The highest BCUT2D eigenvalue weighted by Gasteiger charge is 2.41. The van der Waals surface area contributed by atoms with E-state index >= 15 is 0 Å². The molecular formula is C46H49N3. The van der Waals surface area contributed by atoms with E-state index in [1.165, 1.54) is 55.8 Å². The monoisotopic (exact) mass is 643 g/mol. The Bertz CT molecular complexity index is 2060. The van der Waals surface area contributed by atoms with E-state index in [4.69, 9.17) is 0 Å². The number of nitrogens with zero attached hydrogens (tertiary/aromatic N) is 2. The Morgan fingerprint density at radius 1 is 0.980 bits per heavy atom. The zero-order valence-electron chi connectivity index (χ0n) is 29.7. The van der Waals surface area contributed by atoms with Gasteiger partial charge in [-0.2, -0.15) is 0 Å². The van der Waals surface area contributed by atoms with Gasteiger partial charge >= 0.3 is 0 Å². The van der Waals surface area contributed by atoms with Gasteiger partial charge in [0.25, 0.3) is 0 Å². The molecule has 2 aromatic carbocycles. The summed E-state index contributed by atoms with van der Waals surface area (Å²) in [5.41, 5.74) is 14.1. The molecule has 5 aliphatic rings. The second-order valence-electron chi connectivity index (χ2n) is 13.4. The Morgan fingerprint density at radius 2 is 1.82 bits per heavy atom. The molecule has 4 atom stereocenters. The lowest BCUT2D eigenvalue weighted by Crippen LogP contribution is -2.34.